The number of likely N-dealkylation sites (N-methyl/N-ethyl adjacent to an activating group) is 1. The first-order valence-corrected chi connectivity index (χ1v) is 8.68. The molecule has 0 aromatic heterocycles. The monoisotopic (exact) mass is 316 g/mol. The molecule has 1 rings (SSSR count). The van der Waals surface area contributed by atoms with Gasteiger partial charge in [-0.3, -0.25) is 0 Å². The average Bonchev–Trinajstić information content (AvgIpc) is 2.53. The topological polar surface area (TPSA) is 15.3 Å². The van der Waals surface area contributed by atoms with Crippen LogP contribution in [0.5, 0.6) is 0 Å². The van der Waals surface area contributed by atoms with Crippen LogP contribution in [0.1, 0.15) is 59.2 Å². The number of hydrogen-bond donors (Lipinski definition) is 1. The van der Waals surface area contributed by atoms with Crippen LogP contribution in [-0.4, -0.2) is 31.1 Å². The fourth-order valence-corrected chi connectivity index (χ4v) is 2.45. The Bertz CT molecular complexity index is 573. The van der Waals surface area contributed by atoms with Gasteiger partial charge in [-0.25, -0.2) is 0 Å². The maximum atomic E-state index is 4.22. The first-order chi connectivity index (χ1) is 10.8. The Balaban J connectivity index is 0.00000529. The molecular weight excluding hydrogens is 280 g/mol. The fourth-order valence-electron chi connectivity index (χ4n) is 2.45. The number of aryl methyl sites for hydroxylation is 1. The van der Waals surface area contributed by atoms with Crippen LogP contribution in [0, 0.1) is 6.92 Å². The van der Waals surface area contributed by atoms with Gasteiger partial charge in [-0.15, -0.1) is 0 Å². The number of rotatable bonds is 8. The number of hydrogen-bond acceptors (Lipinski definition) is 2. The van der Waals surface area contributed by atoms with E-state index in [-0.39, 0.29) is 1.43 Å². The van der Waals surface area contributed by atoms with Gasteiger partial charge >= 0.3 is 0 Å². The molecule has 1 aromatic rings. The van der Waals surface area contributed by atoms with Crippen LogP contribution in [0.15, 0.2) is 30.4 Å². The molecule has 0 bridgehead atoms. The lowest BCUT2D eigenvalue weighted by Gasteiger charge is -2.22. The van der Waals surface area contributed by atoms with Crippen LogP contribution in [0.2, 0.25) is 0 Å². The zero-order chi connectivity index (χ0) is 17.6. The molecule has 130 valence electrons. The lowest BCUT2D eigenvalue weighted by atomic mass is 9.94. The van der Waals surface area contributed by atoms with E-state index >= 15 is 0 Å². The first kappa shape index (κ1) is 19.5. The zero-order valence-electron chi connectivity index (χ0n) is 16.1. The highest BCUT2D eigenvalue weighted by molar-refractivity contribution is 5.73. The predicted octanol–water partition coefficient (Wildman–Crippen LogP) is 5.34. The number of nitrogens with zero attached hydrogens (tertiary/aromatic N) is 1. The molecule has 0 saturated heterocycles. The summed E-state index contributed by atoms with van der Waals surface area (Å²) in [6.45, 7) is 19.4. The Hall–Kier alpha value is -1.54. The summed E-state index contributed by atoms with van der Waals surface area (Å²) in [5.41, 5.74) is 7.68. The quantitative estimate of drug-likeness (QED) is 0.696. The van der Waals surface area contributed by atoms with Crippen molar-refractivity contribution in [2.45, 2.75) is 54.0 Å². The number of benzene rings is 1. The summed E-state index contributed by atoms with van der Waals surface area (Å²) < 4.78 is 0. The van der Waals surface area contributed by atoms with E-state index in [0.717, 1.165) is 25.2 Å². The molecule has 0 spiro atoms. The van der Waals surface area contributed by atoms with Gasteiger partial charge in [0.2, 0.25) is 0 Å². The summed E-state index contributed by atoms with van der Waals surface area (Å²) in [5.74, 6) is 0. The molecule has 0 atom stereocenters. The van der Waals surface area contributed by atoms with Gasteiger partial charge in [-0.05, 0) is 76.4 Å². The fraction of sp³-hybridized carbons (Fsp3) is 0.524. The summed E-state index contributed by atoms with van der Waals surface area (Å²) in [7, 11) is 2.15. The largest absolute Gasteiger partial charge is 0.384 e. The van der Waals surface area contributed by atoms with Gasteiger partial charge < -0.3 is 10.2 Å². The Kier molecular flexibility index (Phi) is 7.57. The second-order valence-electron chi connectivity index (χ2n) is 6.77. The summed E-state index contributed by atoms with van der Waals surface area (Å²) in [6, 6.07) is 7.20. The van der Waals surface area contributed by atoms with Gasteiger partial charge in [0.15, 0.2) is 0 Å². The molecule has 0 saturated carbocycles. The molecule has 0 fully saturated rings. The zero-order valence-corrected chi connectivity index (χ0v) is 16.1. The second-order valence-corrected chi connectivity index (χ2v) is 6.77. The van der Waals surface area contributed by atoms with E-state index < -0.39 is 0 Å². The van der Waals surface area contributed by atoms with Crippen molar-refractivity contribution < 1.29 is 1.43 Å². The molecule has 0 aliphatic carbocycles. The molecule has 0 heterocycles. The van der Waals surface area contributed by atoms with Crippen molar-refractivity contribution in [1.29, 1.82) is 0 Å². The summed E-state index contributed by atoms with van der Waals surface area (Å²) >= 11 is 0. The van der Waals surface area contributed by atoms with E-state index in [1.807, 2.05) is 0 Å². The Morgan fingerprint density at radius 1 is 1.30 bits per heavy atom. The minimum Gasteiger partial charge on any atom is -0.384 e. The van der Waals surface area contributed by atoms with Crippen LogP contribution < -0.4 is 5.32 Å². The third-order valence-electron chi connectivity index (χ3n) is 4.84. The minimum atomic E-state index is 0. The van der Waals surface area contributed by atoms with E-state index in [1.165, 1.54) is 27.8 Å². The van der Waals surface area contributed by atoms with Crippen LogP contribution in [-0.2, 0) is 0 Å². The van der Waals surface area contributed by atoms with Gasteiger partial charge in [-0.2, -0.15) is 0 Å². The van der Waals surface area contributed by atoms with Crippen LogP contribution in [0.3, 0.4) is 0 Å². The molecule has 0 aliphatic heterocycles. The highest BCUT2D eigenvalue weighted by Crippen LogP contribution is 2.26. The highest BCUT2D eigenvalue weighted by Gasteiger charge is 2.08. The van der Waals surface area contributed by atoms with Crippen molar-refractivity contribution in [3.63, 3.8) is 0 Å². The van der Waals surface area contributed by atoms with Crippen molar-refractivity contribution in [2.24, 2.45) is 0 Å². The minimum absolute atomic E-state index is 0. The Morgan fingerprint density at radius 2 is 1.96 bits per heavy atom. The van der Waals surface area contributed by atoms with E-state index in [0.29, 0.717) is 6.04 Å². The lowest BCUT2D eigenvalue weighted by Crippen LogP contribution is -2.33. The molecule has 2 nitrogen and oxygen atoms in total. The van der Waals surface area contributed by atoms with Gasteiger partial charge in [-0.1, -0.05) is 31.2 Å². The van der Waals surface area contributed by atoms with Gasteiger partial charge in [0.1, 0.15) is 0 Å². The standard InChI is InChI=1S/C21H34N2.H2/c1-9-16(4)18(6)21-14-20(11-10-17(21)5)19(7)22-12-13-23(8)15(2)3;/h10-11,14-15,22H,7,9,12-13H2,1-6,8H3;1H/b18-16-;. The van der Waals surface area contributed by atoms with Gasteiger partial charge in [0.25, 0.3) is 0 Å². The van der Waals surface area contributed by atoms with E-state index in [2.05, 4.69) is 83.6 Å². The van der Waals surface area contributed by atoms with Crippen molar-refractivity contribution in [1.82, 2.24) is 10.2 Å². The van der Waals surface area contributed by atoms with Gasteiger partial charge in [0.05, 0.1) is 0 Å². The molecule has 2 heteroatoms. The molecule has 1 aromatic carbocycles. The van der Waals surface area contributed by atoms with Crippen LogP contribution >= 0.6 is 0 Å². The summed E-state index contributed by atoms with van der Waals surface area (Å²) in [4.78, 5) is 2.33. The van der Waals surface area contributed by atoms with Gasteiger partial charge in [0, 0.05) is 26.3 Å². The lowest BCUT2D eigenvalue weighted by molar-refractivity contribution is 0.278. The summed E-state index contributed by atoms with van der Waals surface area (Å²) in [5, 5.41) is 3.46. The third kappa shape index (κ3) is 5.54. The van der Waals surface area contributed by atoms with Crippen LogP contribution in [0.25, 0.3) is 11.3 Å². The number of allylic oxidation sites excluding steroid dienone is 2. The molecule has 0 radical (unpaired) electrons. The maximum Gasteiger partial charge on any atom is 0.0341 e. The molecule has 0 aliphatic rings. The molecule has 0 amide bonds. The Morgan fingerprint density at radius 3 is 2.52 bits per heavy atom. The molecule has 23 heavy (non-hydrogen) atoms. The predicted molar refractivity (Wildman–Crippen MR) is 107 cm³/mol. The second kappa shape index (κ2) is 8.93. The smallest absolute Gasteiger partial charge is 0.0341 e. The van der Waals surface area contributed by atoms with Crippen molar-refractivity contribution in [3.05, 3.63) is 47.0 Å². The average molecular weight is 317 g/mol. The third-order valence-corrected chi connectivity index (χ3v) is 4.84. The summed E-state index contributed by atoms with van der Waals surface area (Å²) in [6.07, 6.45) is 1.09. The molecular formula is C21H36N2. The van der Waals surface area contributed by atoms with Crippen LogP contribution in [0.4, 0.5) is 0 Å². The normalized spacial score (nSPS) is 12.6. The first-order valence-electron chi connectivity index (χ1n) is 8.68. The van der Waals surface area contributed by atoms with E-state index in [1.54, 1.807) is 0 Å². The van der Waals surface area contributed by atoms with Crippen molar-refractivity contribution >= 4 is 11.3 Å². The molecule has 0 unspecified atom stereocenters. The maximum absolute atomic E-state index is 4.22. The van der Waals surface area contributed by atoms with E-state index in [9.17, 15) is 0 Å². The number of nitrogens with one attached hydrogen (secondary N) is 1. The SMILES string of the molecule is C=C(NCCN(C)C(C)C)c1ccc(C)c(/C(C)=C(/C)CC)c1.[HH]. The van der Waals surface area contributed by atoms with Crippen molar-refractivity contribution in [2.75, 3.05) is 20.1 Å². The van der Waals surface area contributed by atoms with E-state index in [4.69, 9.17) is 0 Å². The highest BCUT2D eigenvalue weighted by atomic mass is 15.1. The van der Waals surface area contributed by atoms with Crippen molar-refractivity contribution in [3.8, 4) is 0 Å². The molecule has 1 N–H and O–H groups in total. The Labute approximate surface area is 144 Å².